The molecule has 1 aromatic carbocycles. The van der Waals surface area contributed by atoms with Gasteiger partial charge in [-0.1, -0.05) is 19.8 Å². The van der Waals surface area contributed by atoms with E-state index in [-0.39, 0.29) is 34.5 Å². The highest BCUT2D eigenvalue weighted by atomic mass is 16.6. The number of nitro groups is 1. The van der Waals surface area contributed by atoms with Crippen LogP contribution in [0.3, 0.4) is 0 Å². The van der Waals surface area contributed by atoms with E-state index in [2.05, 4.69) is 22.0 Å². The van der Waals surface area contributed by atoms with E-state index in [1.54, 1.807) is 12.1 Å². The van der Waals surface area contributed by atoms with Crippen LogP contribution in [0, 0.1) is 16.0 Å². The summed E-state index contributed by atoms with van der Waals surface area (Å²) in [6.45, 7) is 6.87. The van der Waals surface area contributed by atoms with Crippen LogP contribution in [0.1, 0.15) is 51.5 Å². The average molecular weight is 401 g/mol. The first kappa shape index (κ1) is 20.1. The fourth-order valence-electron chi connectivity index (χ4n) is 5.30. The van der Waals surface area contributed by atoms with Crippen molar-refractivity contribution in [2.75, 3.05) is 24.5 Å². The van der Waals surface area contributed by atoms with Crippen molar-refractivity contribution >= 4 is 17.3 Å². The summed E-state index contributed by atoms with van der Waals surface area (Å²) in [4.78, 5) is 29.0. The molecule has 7 heteroatoms. The van der Waals surface area contributed by atoms with E-state index < -0.39 is 0 Å². The number of fused-ring (bicyclic) bond motifs is 3. The summed E-state index contributed by atoms with van der Waals surface area (Å²) in [5, 5.41) is 14.4. The number of anilines is 1. The molecule has 29 heavy (non-hydrogen) atoms. The molecule has 0 bridgehead atoms. The van der Waals surface area contributed by atoms with Crippen molar-refractivity contribution < 1.29 is 9.72 Å². The normalized spacial score (nSPS) is 25.9. The van der Waals surface area contributed by atoms with E-state index in [9.17, 15) is 14.9 Å². The number of nitrogens with one attached hydrogen (secondary N) is 1. The van der Waals surface area contributed by atoms with Gasteiger partial charge < -0.3 is 10.2 Å². The van der Waals surface area contributed by atoms with Gasteiger partial charge in [-0.05, 0) is 44.2 Å². The lowest BCUT2D eigenvalue weighted by Crippen LogP contribution is -2.62. The summed E-state index contributed by atoms with van der Waals surface area (Å²) < 4.78 is 0. The maximum Gasteiger partial charge on any atom is 0.269 e. The topological polar surface area (TPSA) is 78.7 Å². The zero-order valence-electron chi connectivity index (χ0n) is 17.5. The number of carbonyl (C=O) groups is 1. The number of non-ortho nitro benzene ring substituents is 1. The van der Waals surface area contributed by atoms with Crippen molar-refractivity contribution in [1.29, 1.82) is 0 Å². The number of piperazine rings is 1. The van der Waals surface area contributed by atoms with Gasteiger partial charge in [0, 0.05) is 49.5 Å². The lowest BCUT2D eigenvalue weighted by molar-refractivity contribution is -0.384. The largest absolute Gasteiger partial charge is 0.365 e. The molecule has 1 saturated carbocycles. The SMILES string of the molecule is CC[C@H](C)NC(=O)[C@H]1Cc2cc([N+](=O)[O-])ccc2N2CCN(C3CCCC3)C[C@@H]12. The van der Waals surface area contributed by atoms with Gasteiger partial charge in [0.25, 0.3) is 5.69 Å². The Morgan fingerprint density at radius 1 is 1.31 bits per heavy atom. The zero-order valence-corrected chi connectivity index (χ0v) is 17.5. The summed E-state index contributed by atoms with van der Waals surface area (Å²) in [7, 11) is 0. The molecule has 0 spiro atoms. The molecule has 0 unspecified atom stereocenters. The van der Waals surface area contributed by atoms with Gasteiger partial charge in [-0.25, -0.2) is 0 Å². The number of hydrogen-bond acceptors (Lipinski definition) is 5. The highest BCUT2D eigenvalue weighted by molar-refractivity contribution is 5.82. The van der Waals surface area contributed by atoms with E-state index in [1.165, 1.54) is 25.7 Å². The molecular weight excluding hydrogens is 368 g/mol. The zero-order chi connectivity index (χ0) is 20.5. The van der Waals surface area contributed by atoms with Gasteiger partial charge in [0.1, 0.15) is 0 Å². The molecule has 1 amide bonds. The summed E-state index contributed by atoms with van der Waals surface area (Å²) in [6.07, 6.45) is 6.60. The summed E-state index contributed by atoms with van der Waals surface area (Å²) in [6, 6.07) is 6.05. The number of benzene rings is 1. The molecular formula is C22H32N4O3. The fraction of sp³-hybridized carbons (Fsp3) is 0.682. The van der Waals surface area contributed by atoms with Crippen molar-refractivity contribution in [2.45, 2.75) is 70.5 Å². The van der Waals surface area contributed by atoms with Gasteiger partial charge >= 0.3 is 0 Å². The molecule has 2 aliphatic heterocycles. The molecule has 0 aromatic heterocycles. The number of nitrogens with zero attached hydrogens (tertiary/aromatic N) is 3. The Balaban J connectivity index is 1.63. The van der Waals surface area contributed by atoms with Crippen molar-refractivity contribution in [2.24, 2.45) is 5.92 Å². The summed E-state index contributed by atoms with van der Waals surface area (Å²) >= 11 is 0. The molecule has 158 valence electrons. The van der Waals surface area contributed by atoms with E-state index in [1.807, 2.05) is 13.0 Å². The van der Waals surface area contributed by atoms with Crippen molar-refractivity contribution in [1.82, 2.24) is 10.2 Å². The second-order valence-corrected chi connectivity index (χ2v) is 8.89. The van der Waals surface area contributed by atoms with Gasteiger partial charge in [0.2, 0.25) is 5.91 Å². The predicted octanol–water partition coefficient (Wildman–Crippen LogP) is 3.12. The molecule has 1 aliphatic carbocycles. The third-order valence-electron chi connectivity index (χ3n) is 7.12. The van der Waals surface area contributed by atoms with E-state index in [0.717, 1.165) is 37.3 Å². The molecule has 3 aliphatic rings. The molecule has 2 fully saturated rings. The average Bonchev–Trinajstić information content (AvgIpc) is 3.27. The number of rotatable bonds is 5. The Hall–Kier alpha value is -2.15. The van der Waals surface area contributed by atoms with Crippen molar-refractivity contribution in [3.63, 3.8) is 0 Å². The van der Waals surface area contributed by atoms with Crippen LogP contribution in [-0.2, 0) is 11.2 Å². The third kappa shape index (κ3) is 3.97. The van der Waals surface area contributed by atoms with Crippen LogP contribution in [0.5, 0.6) is 0 Å². The molecule has 0 radical (unpaired) electrons. The number of amides is 1. The first-order valence-electron chi connectivity index (χ1n) is 11.1. The Bertz CT molecular complexity index is 777. The fourth-order valence-corrected chi connectivity index (χ4v) is 5.30. The van der Waals surface area contributed by atoms with Gasteiger partial charge in [-0.3, -0.25) is 19.8 Å². The minimum absolute atomic E-state index is 0.0831. The van der Waals surface area contributed by atoms with Crippen LogP contribution in [0.25, 0.3) is 0 Å². The monoisotopic (exact) mass is 400 g/mol. The lowest BCUT2D eigenvalue weighted by Gasteiger charge is -2.50. The van der Waals surface area contributed by atoms with E-state index >= 15 is 0 Å². The minimum atomic E-state index is -0.349. The van der Waals surface area contributed by atoms with Crippen LogP contribution < -0.4 is 10.2 Å². The van der Waals surface area contributed by atoms with Crippen molar-refractivity contribution in [3.05, 3.63) is 33.9 Å². The van der Waals surface area contributed by atoms with Crippen LogP contribution in [0.2, 0.25) is 0 Å². The Morgan fingerprint density at radius 2 is 2.07 bits per heavy atom. The highest BCUT2D eigenvalue weighted by Crippen LogP contribution is 2.39. The number of nitro benzene ring substituents is 1. The first-order valence-corrected chi connectivity index (χ1v) is 11.1. The molecule has 2 heterocycles. The van der Waals surface area contributed by atoms with E-state index in [0.29, 0.717) is 12.5 Å². The minimum Gasteiger partial charge on any atom is -0.365 e. The van der Waals surface area contributed by atoms with Crippen LogP contribution in [0.4, 0.5) is 11.4 Å². The Kier molecular flexibility index (Phi) is 5.76. The summed E-state index contributed by atoms with van der Waals surface area (Å²) in [5.74, 6) is -0.0949. The van der Waals surface area contributed by atoms with Gasteiger partial charge in [-0.15, -0.1) is 0 Å². The maximum absolute atomic E-state index is 13.2. The van der Waals surface area contributed by atoms with E-state index in [4.69, 9.17) is 0 Å². The quantitative estimate of drug-likeness (QED) is 0.607. The predicted molar refractivity (Wildman–Crippen MR) is 113 cm³/mol. The number of hydrogen-bond donors (Lipinski definition) is 1. The molecule has 4 rings (SSSR count). The molecule has 1 N–H and O–H groups in total. The van der Waals surface area contributed by atoms with Crippen molar-refractivity contribution in [3.8, 4) is 0 Å². The molecule has 3 atom stereocenters. The van der Waals surface area contributed by atoms with Crippen LogP contribution in [0.15, 0.2) is 18.2 Å². The second-order valence-electron chi connectivity index (χ2n) is 8.89. The molecule has 1 aromatic rings. The van der Waals surface area contributed by atoms with Gasteiger partial charge in [0.05, 0.1) is 16.9 Å². The van der Waals surface area contributed by atoms with Gasteiger partial charge in [-0.2, -0.15) is 0 Å². The summed E-state index contributed by atoms with van der Waals surface area (Å²) in [5.41, 5.74) is 2.10. The highest BCUT2D eigenvalue weighted by Gasteiger charge is 2.43. The Morgan fingerprint density at radius 3 is 2.76 bits per heavy atom. The first-order chi connectivity index (χ1) is 14.0. The van der Waals surface area contributed by atoms with Crippen LogP contribution >= 0.6 is 0 Å². The third-order valence-corrected chi connectivity index (χ3v) is 7.12. The lowest BCUT2D eigenvalue weighted by atomic mass is 9.82. The second kappa shape index (κ2) is 8.30. The van der Waals surface area contributed by atoms with Crippen LogP contribution in [-0.4, -0.2) is 53.5 Å². The molecule has 7 nitrogen and oxygen atoms in total. The Labute approximate surface area is 172 Å². The van der Waals surface area contributed by atoms with Gasteiger partial charge in [0.15, 0.2) is 0 Å². The smallest absolute Gasteiger partial charge is 0.269 e. The standard InChI is InChI=1S/C22H32N4O3/c1-3-15(2)23-22(27)19-13-16-12-18(26(28)29)8-9-20(16)25-11-10-24(14-21(19)25)17-6-4-5-7-17/h8-9,12,15,17,19,21H,3-7,10-11,13-14H2,1-2H3,(H,23,27)/t15-,19-,21-/m0/s1. The molecule has 1 saturated heterocycles. The maximum atomic E-state index is 13.2. The number of carbonyl (C=O) groups excluding carboxylic acids is 1.